The standard InChI is InChI=1S/C40H52N4O8S4/c1-6-42(54(47,48)38-21-13-34(3)14-22-38)31-10-32-44(56(51,52)40-25-17-36(5)18-26-40)29-8-7-28-43(55(49,50)39-23-15-35(4)16-24-39)30-9-27-41-53(45,46)37-19-11-33(2)12-20-37/h7-8,11-26,41H,6,9-10,27-32H2,1-5H3/b8-7+. The van der Waals surface area contributed by atoms with E-state index >= 15 is 0 Å². The van der Waals surface area contributed by atoms with E-state index < -0.39 is 40.1 Å². The van der Waals surface area contributed by atoms with Crippen molar-refractivity contribution in [2.24, 2.45) is 0 Å². The molecule has 0 aromatic heterocycles. The molecule has 4 aromatic rings. The molecule has 4 rings (SSSR count). The summed E-state index contributed by atoms with van der Waals surface area (Å²) >= 11 is 0. The molecule has 304 valence electrons. The van der Waals surface area contributed by atoms with Gasteiger partial charge in [-0.15, -0.1) is 0 Å². The molecule has 0 radical (unpaired) electrons. The van der Waals surface area contributed by atoms with E-state index in [1.165, 1.54) is 49.3 Å². The van der Waals surface area contributed by atoms with Crippen molar-refractivity contribution in [1.29, 1.82) is 0 Å². The number of benzene rings is 4. The predicted octanol–water partition coefficient (Wildman–Crippen LogP) is 5.63. The van der Waals surface area contributed by atoms with Gasteiger partial charge in [0.05, 0.1) is 19.6 Å². The maximum Gasteiger partial charge on any atom is 0.243 e. The molecule has 0 aliphatic rings. The van der Waals surface area contributed by atoms with Crippen molar-refractivity contribution < 1.29 is 33.7 Å². The fourth-order valence-corrected chi connectivity index (χ4v) is 11.1. The Labute approximate surface area is 334 Å². The van der Waals surface area contributed by atoms with Gasteiger partial charge in [0.1, 0.15) is 0 Å². The molecule has 0 spiro atoms. The highest BCUT2D eigenvalue weighted by Crippen LogP contribution is 2.21. The fourth-order valence-electron chi connectivity index (χ4n) is 5.72. The minimum Gasteiger partial charge on any atom is -0.211 e. The molecule has 0 bridgehead atoms. The summed E-state index contributed by atoms with van der Waals surface area (Å²) in [7, 11) is -15.7. The summed E-state index contributed by atoms with van der Waals surface area (Å²) in [4.78, 5) is 0.413. The van der Waals surface area contributed by atoms with Crippen LogP contribution in [0, 0.1) is 27.7 Å². The zero-order valence-corrected chi connectivity index (χ0v) is 35.8. The van der Waals surface area contributed by atoms with Crippen molar-refractivity contribution in [2.45, 2.75) is 67.0 Å². The highest BCUT2D eigenvalue weighted by Gasteiger charge is 2.27. The van der Waals surface area contributed by atoms with E-state index in [4.69, 9.17) is 0 Å². The topological polar surface area (TPSA) is 158 Å². The summed E-state index contributed by atoms with van der Waals surface area (Å²) in [6.07, 6.45) is 3.51. The maximum atomic E-state index is 13.9. The number of aryl methyl sites for hydroxylation is 4. The molecule has 0 fully saturated rings. The first-order chi connectivity index (χ1) is 26.4. The van der Waals surface area contributed by atoms with E-state index in [0.29, 0.717) is 0 Å². The Morgan fingerprint density at radius 2 is 0.750 bits per heavy atom. The molecule has 4 aromatic carbocycles. The lowest BCUT2D eigenvalue weighted by Gasteiger charge is -2.24. The monoisotopic (exact) mass is 844 g/mol. The second kappa shape index (κ2) is 19.6. The zero-order valence-electron chi connectivity index (χ0n) is 32.5. The summed E-state index contributed by atoms with van der Waals surface area (Å²) < 4.78 is 114. The van der Waals surface area contributed by atoms with Crippen LogP contribution < -0.4 is 4.72 Å². The predicted molar refractivity (Wildman–Crippen MR) is 220 cm³/mol. The van der Waals surface area contributed by atoms with Gasteiger partial charge in [-0.1, -0.05) is 89.9 Å². The van der Waals surface area contributed by atoms with Crippen LogP contribution in [0.15, 0.2) is 129 Å². The second-order valence-corrected chi connectivity index (χ2v) is 21.1. The van der Waals surface area contributed by atoms with Gasteiger partial charge in [0, 0.05) is 45.8 Å². The average Bonchev–Trinajstić information content (AvgIpc) is 3.15. The van der Waals surface area contributed by atoms with E-state index in [9.17, 15) is 33.7 Å². The van der Waals surface area contributed by atoms with Crippen molar-refractivity contribution in [2.75, 3.05) is 45.8 Å². The van der Waals surface area contributed by atoms with Crippen molar-refractivity contribution in [3.63, 3.8) is 0 Å². The van der Waals surface area contributed by atoms with E-state index in [0.717, 1.165) is 22.3 Å². The first-order valence-electron chi connectivity index (χ1n) is 18.3. The summed E-state index contributed by atoms with van der Waals surface area (Å²) in [6, 6.07) is 25.8. The van der Waals surface area contributed by atoms with Crippen molar-refractivity contribution in [3.05, 3.63) is 131 Å². The van der Waals surface area contributed by atoms with Gasteiger partial charge in [-0.05, 0) is 89.1 Å². The molecule has 0 aliphatic carbocycles. The van der Waals surface area contributed by atoms with Crippen LogP contribution in [0.1, 0.15) is 42.0 Å². The van der Waals surface area contributed by atoms with Gasteiger partial charge >= 0.3 is 0 Å². The second-order valence-electron chi connectivity index (χ2n) is 13.6. The van der Waals surface area contributed by atoms with Gasteiger partial charge in [0.15, 0.2) is 0 Å². The van der Waals surface area contributed by atoms with Gasteiger partial charge in [0.25, 0.3) is 0 Å². The minimum absolute atomic E-state index is 0.00697. The van der Waals surface area contributed by atoms with Gasteiger partial charge < -0.3 is 0 Å². The van der Waals surface area contributed by atoms with Crippen LogP contribution in [-0.4, -0.2) is 92.4 Å². The molecular weight excluding hydrogens is 793 g/mol. The summed E-state index contributed by atoms with van der Waals surface area (Å²) in [6.45, 7) is 9.14. The Bertz CT molecular complexity index is 2370. The van der Waals surface area contributed by atoms with Crippen molar-refractivity contribution >= 4 is 40.1 Å². The summed E-state index contributed by atoms with van der Waals surface area (Å²) in [5.74, 6) is 0. The molecule has 0 amide bonds. The molecule has 0 saturated heterocycles. The highest BCUT2D eigenvalue weighted by molar-refractivity contribution is 7.90. The molecule has 1 N–H and O–H groups in total. The normalized spacial score (nSPS) is 13.0. The van der Waals surface area contributed by atoms with Gasteiger partial charge in [-0.3, -0.25) is 0 Å². The van der Waals surface area contributed by atoms with E-state index in [2.05, 4.69) is 4.72 Å². The van der Waals surface area contributed by atoms with Crippen molar-refractivity contribution in [1.82, 2.24) is 17.6 Å². The lowest BCUT2D eigenvalue weighted by Crippen LogP contribution is -2.37. The smallest absolute Gasteiger partial charge is 0.211 e. The number of hydrogen-bond donors (Lipinski definition) is 1. The van der Waals surface area contributed by atoms with Crippen LogP contribution in [0.25, 0.3) is 0 Å². The van der Waals surface area contributed by atoms with Crippen LogP contribution in [0.2, 0.25) is 0 Å². The zero-order chi connectivity index (χ0) is 41.1. The first-order valence-corrected chi connectivity index (χ1v) is 24.1. The molecule has 0 heterocycles. The lowest BCUT2D eigenvalue weighted by atomic mass is 10.2. The molecule has 0 unspecified atom stereocenters. The molecule has 0 aliphatic heterocycles. The van der Waals surface area contributed by atoms with Crippen LogP contribution in [0.3, 0.4) is 0 Å². The van der Waals surface area contributed by atoms with E-state index in [1.807, 2.05) is 27.7 Å². The Kier molecular flexibility index (Phi) is 15.7. The molecular formula is C40H52N4O8S4. The van der Waals surface area contributed by atoms with Gasteiger partial charge in [0.2, 0.25) is 40.1 Å². The Hall–Kier alpha value is -3.74. The number of nitrogens with zero attached hydrogens (tertiary/aromatic N) is 3. The number of rotatable bonds is 21. The Morgan fingerprint density at radius 1 is 0.446 bits per heavy atom. The average molecular weight is 845 g/mol. The molecule has 0 atom stereocenters. The van der Waals surface area contributed by atoms with E-state index in [-0.39, 0.29) is 78.2 Å². The fraction of sp³-hybridized carbons (Fsp3) is 0.350. The van der Waals surface area contributed by atoms with Crippen LogP contribution in [0.5, 0.6) is 0 Å². The number of sulfonamides is 4. The minimum atomic E-state index is -4.03. The third-order valence-corrected chi connectivity index (χ3v) is 16.4. The number of nitrogens with one attached hydrogen (secondary N) is 1. The third-order valence-electron chi connectivity index (χ3n) is 9.14. The quantitative estimate of drug-likeness (QED) is 0.0836. The molecule has 56 heavy (non-hydrogen) atoms. The maximum absolute atomic E-state index is 13.9. The lowest BCUT2D eigenvalue weighted by molar-refractivity contribution is 0.379. The van der Waals surface area contributed by atoms with Crippen molar-refractivity contribution in [3.8, 4) is 0 Å². The first kappa shape index (κ1) is 45.0. The summed E-state index contributed by atoms with van der Waals surface area (Å²) in [5, 5.41) is 0. The third kappa shape index (κ3) is 11.9. The SMILES string of the molecule is CCN(CCCN(C/C=C/CN(CCCNS(=O)(=O)c1ccc(C)cc1)S(=O)(=O)c1ccc(C)cc1)S(=O)(=O)c1ccc(C)cc1)S(=O)(=O)c1ccc(C)cc1. The Morgan fingerprint density at radius 3 is 1.11 bits per heavy atom. The molecule has 16 heteroatoms. The molecule has 12 nitrogen and oxygen atoms in total. The van der Waals surface area contributed by atoms with Gasteiger partial charge in [-0.25, -0.2) is 38.4 Å². The largest absolute Gasteiger partial charge is 0.243 e. The van der Waals surface area contributed by atoms with Gasteiger partial charge in [-0.2, -0.15) is 12.9 Å². The van der Waals surface area contributed by atoms with Crippen LogP contribution in [0.4, 0.5) is 0 Å². The highest BCUT2D eigenvalue weighted by atomic mass is 32.2. The Balaban J connectivity index is 1.51. The van der Waals surface area contributed by atoms with Crippen LogP contribution in [-0.2, 0) is 40.1 Å². The van der Waals surface area contributed by atoms with Crippen LogP contribution >= 0.6 is 0 Å². The molecule has 0 saturated carbocycles. The van der Waals surface area contributed by atoms with E-state index in [1.54, 1.807) is 79.7 Å². The summed E-state index contributed by atoms with van der Waals surface area (Å²) in [5.41, 5.74) is 3.60. The number of hydrogen-bond acceptors (Lipinski definition) is 8.